The average molecular weight is 608 g/mol. The van der Waals surface area contributed by atoms with Gasteiger partial charge in [-0.25, -0.2) is 9.97 Å². The first-order valence-corrected chi connectivity index (χ1v) is 14.9. The Labute approximate surface area is 262 Å². The van der Waals surface area contributed by atoms with Gasteiger partial charge in [0, 0.05) is 79.7 Å². The number of carbonyl (C=O) groups excluding carboxylic acids is 2. The summed E-state index contributed by atoms with van der Waals surface area (Å²) >= 11 is 0. The van der Waals surface area contributed by atoms with Crippen molar-refractivity contribution < 1.29 is 19.1 Å². The SMILES string of the molecule is COc1cc(OC)cc(C(=O)Nc2ccc(C)c(N3CCc4nc(Nc5ccc(N6CCN(C)CC6)cc5)ncc4C3=O)c2)c1. The fourth-order valence-electron chi connectivity index (χ4n) is 5.61. The first-order chi connectivity index (χ1) is 21.8. The van der Waals surface area contributed by atoms with Crippen molar-refractivity contribution in [3.8, 4) is 11.5 Å². The number of carbonyl (C=O) groups is 2. The fourth-order valence-corrected chi connectivity index (χ4v) is 5.61. The van der Waals surface area contributed by atoms with Gasteiger partial charge in [0.2, 0.25) is 5.95 Å². The topological polar surface area (TPSA) is 112 Å². The van der Waals surface area contributed by atoms with Gasteiger partial charge in [-0.05, 0) is 68.1 Å². The zero-order valence-corrected chi connectivity index (χ0v) is 26.0. The summed E-state index contributed by atoms with van der Waals surface area (Å²) in [6.45, 7) is 6.53. The minimum absolute atomic E-state index is 0.177. The van der Waals surface area contributed by atoms with E-state index in [1.165, 1.54) is 19.9 Å². The van der Waals surface area contributed by atoms with Gasteiger partial charge in [-0.1, -0.05) is 6.07 Å². The summed E-state index contributed by atoms with van der Waals surface area (Å²) in [4.78, 5) is 42.3. The smallest absolute Gasteiger partial charge is 0.261 e. The zero-order chi connectivity index (χ0) is 31.5. The molecule has 6 rings (SSSR count). The van der Waals surface area contributed by atoms with Gasteiger partial charge in [-0.3, -0.25) is 9.59 Å². The van der Waals surface area contributed by atoms with Gasteiger partial charge in [-0.15, -0.1) is 0 Å². The molecule has 3 aromatic carbocycles. The van der Waals surface area contributed by atoms with Crippen LogP contribution in [0.1, 0.15) is 32.0 Å². The molecule has 4 aromatic rings. The van der Waals surface area contributed by atoms with E-state index in [9.17, 15) is 9.59 Å². The first-order valence-electron chi connectivity index (χ1n) is 14.9. The predicted octanol–water partition coefficient (Wildman–Crippen LogP) is 4.75. The number of methoxy groups -OCH3 is 2. The minimum Gasteiger partial charge on any atom is -0.497 e. The molecule has 2 N–H and O–H groups in total. The quantitative estimate of drug-likeness (QED) is 0.293. The number of hydrogen-bond donors (Lipinski definition) is 2. The fraction of sp³-hybridized carbons (Fsp3) is 0.294. The molecule has 1 aromatic heterocycles. The molecule has 11 heteroatoms. The third-order valence-electron chi connectivity index (χ3n) is 8.28. The van der Waals surface area contributed by atoms with Gasteiger partial charge < -0.3 is 34.8 Å². The van der Waals surface area contributed by atoms with Crippen molar-refractivity contribution >= 4 is 40.5 Å². The summed E-state index contributed by atoms with van der Waals surface area (Å²) in [5.74, 6) is 0.989. The number of rotatable bonds is 8. The second-order valence-electron chi connectivity index (χ2n) is 11.3. The summed E-state index contributed by atoms with van der Waals surface area (Å²) in [6.07, 6.45) is 2.16. The maximum atomic E-state index is 13.6. The maximum Gasteiger partial charge on any atom is 0.261 e. The van der Waals surface area contributed by atoms with Gasteiger partial charge in [0.15, 0.2) is 0 Å². The normalized spacial score (nSPS) is 15.0. The molecule has 2 aliphatic heterocycles. The number of hydrogen-bond acceptors (Lipinski definition) is 9. The van der Waals surface area contributed by atoms with Crippen molar-refractivity contribution in [2.24, 2.45) is 0 Å². The lowest BCUT2D eigenvalue weighted by molar-refractivity contribution is 0.0978. The molecule has 1 saturated heterocycles. The van der Waals surface area contributed by atoms with E-state index in [0.29, 0.717) is 58.6 Å². The zero-order valence-electron chi connectivity index (χ0n) is 26.0. The molecule has 0 saturated carbocycles. The van der Waals surface area contributed by atoms with Crippen LogP contribution in [-0.2, 0) is 6.42 Å². The number of amides is 2. The number of nitrogens with zero attached hydrogens (tertiary/aromatic N) is 5. The van der Waals surface area contributed by atoms with Crippen molar-refractivity contribution in [3.63, 3.8) is 0 Å². The van der Waals surface area contributed by atoms with E-state index in [4.69, 9.17) is 9.47 Å². The molecule has 0 atom stereocenters. The van der Waals surface area contributed by atoms with Crippen LogP contribution in [0.2, 0.25) is 0 Å². The lowest BCUT2D eigenvalue weighted by atomic mass is 10.0. The van der Waals surface area contributed by atoms with Gasteiger partial charge in [0.1, 0.15) is 11.5 Å². The highest BCUT2D eigenvalue weighted by atomic mass is 16.5. The van der Waals surface area contributed by atoms with Crippen LogP contribution in [0.5, 0.6) is 11.5 Å². The molecule has 3 heterocycles. The summed E-state index contributed by atoms with van der Waals surface area (Å²) in [5.41, 5.74) is 5.84. The van der Waals surface area contributed by atoms with Crippen molar-refractivity contribution in [2.45, 2.75) is 13.3 Å². The molecule has 0 spiro atoms. The molecule has 0 radical (unpaired) electrons. The van der Waals surface area contributed by atoms with Crippen LogP contribution >= 0.6 is 0 Å². The number of likely N-dealkylation sites (N-methyl/N-ethyl adjacent to an activating group) is 1. The van der Waals surface area contributed by atoms with Crippen LogP contribution in [0.4, 0.5) is 28.7 Å². The van der Waals surface area contributed by atoms with E-state index in [-0.39, 0.29) is 11.8 Å². The summed E-state index contributed by atoms with van der Waals surface area (Å²) in [5, 5.41) is 6.21. The van der Waals surface area contributed by atoms with Crippen molar-refractivity contribution in [3.05, 3.63) is 89.2 Å². The maximum absolute atomic E-state index is 13.6. The first kappa shape index (κ1) is 29.9. The number of fused-ring (bicyclic) bond motifs is 1. The molecular formula is C34H37N7O4. The lowest BCUT2D eigenvalue weighted by Crippen LogP contribution is -2.44. The molecule has 232 valence electrons. The predicted molar refractivity (Wildman–Crippen MR) is 176 cm³/mol. The van der Waals surface area contributed by atoms with Crippen molar-refractivity contribution in [1.82, 2.24) is 14.9 Å². The van der Waals surface area contributed by atoms with E-state index in [2.05, 4.69) is 49.6 Å². The van der Waals surface area contributed by atoms with E-state index in [1.807, 2.05) is 37.3 Å². The molecule has 2 amide bonds. The number of nitrogens with one attached hydrogen (secondary N) is 2. The Morgan fingerprint density at radius 3 is 2.24 bits per heavy atom. The Kier molecular flexibility index (Phi) is 8.52. The van der Waals surface area contributed by atoms with E-state index in [0.717, 1.165) is 37.4 Å². The molecule has 0 bridgehead atoms. The number of ether oxygens (including phenoxy) is 2. The van der Waals surface area contributed by atoms with Crippen LogP contribution in [-0.4, -0.2) is 80.7 Å². The Morgan fingerprint density at radius 1 is 0.867 bits per heavy atom. The van der Waals surface area contributed by atoms with E-state index < -0.39 is 0 Å². The Balaban J connectivity index is 1.14. The average Bonchev–Trinajstić information content (AvgIpc) is 3.06. The Bertz CT molecular complexity index is 1700. The third kappa shape index (κ3) is 6.53. The van der Waals surface area contributed by atoms with Crippen LogP contribution in [0.25, 0.3) is 0 Å². The molecular weight excluding hydrogens is 570 g/mol. The third-order valence-corrected chi connectivity index (χ3v) is 8.28. The van der Waals surface area contributed by atoms with Gasteiger partial charge in [-0.2, -0.15) is 0 Å². The van der Waals surface area contributed by atoms with Crippen LogP contribution in [0.15, 0.2) is 66.9 Å². The van der Waals surface area contributed by atoms with Crippen molar-refractivity contribution in [2.75, 3.05) is 74.4 Å². The van der Waals surface area contributed by atoms with Crippen molar-refractivity contribution in [1.29, 1.82) is 0 Å². The summed E-state index contributed by atoms with van der Waals surface area (Å²) in [7, 11) is 5.22. The van der Waals surface area contributed by atoms with Gasteiger partial charge in [0.05, 0.1) is 25.5 Å². The number of aryl methyl sites for hydroxylation is 1. The van der Waals surface area contributed by atoms with Gasteiger partial charge >= 0.3 is 0 Å². The molecule has 11 nitrogen and oxygen atoms in total. The number of aromatic nitrogens is 2. The van der Waals surface area contributed by atoms with Crippen LogP contribution < -0.4 is 29.9 Å². The number of anilines is 5. The molecule has 1 fully saturated rings. The minimum atomic E-state index is -0.320. The number of benzene rings is 3. The second kappa shape index (κ2) is 12.8. The van der Waals surface area contributed by atoms with Gasteiger partial charge in [0.25, 0.3) is 11.8 Å². The van der Waals surface area contributed by atoms with Crippen LogP contribution in [0.3, 0.4) is 0 Å². The Morgan fingerprint density at radius 2 is 1.56 bits per heavy atom. The largest absolute Gasteiger partial charge is 0.497 e. The highest BCUT2D eigenvalue weighted by Crippen LogP contribution is 2.31. The highest BCUT2D eigenvalue weighted by Gasteiger charge is 2.28. The standard InChI is InChI=1S/C34H37N7O4/c1-22-5-6-25(36-32(42)23-17-27(44-3)20-28(18-23)45-4)19-31(22)41-12-11-30-29(33(41)43)21-35-34(38-30)37-24-7-9-26(10-8-24)40-15-13-39(2)14-16-40/h5-10,17-21H,11-16H2,1-4H3,(H,36,42)(H,35,37,38). The lowest BCUT2D eigenvalue weighted by Gasteiger charge is -2.34. The van der Waals surface area contributed by atoms with E-state index >= 15 is 0 Å². The summed E-state index contributed by atoms with van der Waals surface area (Å²) < 4.78 is 10.6. The number of piperazine rings is 1. The second-order valence-corrected chi connectivity index (χ2v) is 11.3. The Hall–Kier alpha value is -5.16. The molecule has 2 aliphatic rings. The monoisotopic (exact) mass is 607 g/mol. The molecule has 0 aliphatic carbocycles. The molecule has 45 heavy (non-hydrogen) atoms. The summed E-state index contributed by atoms with van der Waals surface area (Å²) in [6, 6.07) is 18.8. The van der Waals surface area contributed by atoms with Crippen LogP contribution in [0, 0.1) is 6.92 Å². The highest BCUT2D eigenvalue weighted by molar-refractivity contribution is 6.09. The van der Waals surface area contributed by atoms with E-state index in [1.54, 1.807) is 29.3 Å². The molecule has 0 unspecified atom stereocenters.